The van der Waals surface area contributed by atoms with Gasteiger partial charge < -0.3 is 5.32 Å². The number of nitrogens with zero attached hydrogens (tertiary/aromatic N) is 1. The summed E-state index contributed by atoms with van der Waals surface area (Å²) in [6, 6.07) is 2.27. The molecule has 0 saturated carbocycles. The van der Waals surface area contributed by atoms with E-state index in [1.807, 2.05) is 13.0 Å². The monoisotopic (exact) mass is 354 g/mol. The van der Waals surface area contributed by atoms with Crippen LogP contribution in [0.4, 0.5) is 5.82 Å². The largest absolute Gasteiger partial charge is 0.367 e. The predicted molar refractivity (Wildman–Crippen MR) is 72.7 cm³/mol. The molecule has 0 aliphatic rings. The number of anilines is 1. The summed E-state index contributed by atoms with van der Waals surface area (Å²) in [5.41, 5.74) is 0. The van der Waals surface area contributed by atoms with Crippen LogP contribution < -0.4 is 5.32 Å². The Hall–Kier alpha value is 0.200. The molecule has 0 saturated heterocycles. The van der Waals surface area contributed by atoms with Gasteiger partial charge in [0, 0.05) is 22.1 Å². The summed E-state index contributed by atoms with van der Waals surface area (Å²) < 4.78 is 1.91. The van der Waals surface area contributed by atoms with Gasteiger partial charge in [0.2, 0.25) is 0 Å². The fourth-order valence-electron chi connectivity index (χ4n) is 1.30. The molecule has 0 radical (unpaired) electrons. The normalized spacial score (nSPS) is 14.7. The highest BCUT2D eigenvalue weighted by molar-refractivity contribution is 9.11. The molecule has 5 heteroatoms. The quantitative estimate of drug-likeness (QED) is 0.808. The molecule has 1 N–H and O–H groups in total. The molecule has 0 fully saturated rings. The predicted octanol–water partition coefficient (Wildman–Crippen LogP) is 4.42. The number of hydrogen-bond donors (Lipinski definition) is 1. The van der Waals surface area contributed by atoms with Gasteiger partial charge in [0.15, 0.2) is 0 Å². The van der Waals surface area contributed by atoms with Crippen LogP contribution in [0.2, 0.25) is 0 Å². The minimum atomic E-state index is 0.168. The average molecular weight is 356 g/mol. The molecule has 0 aromatic carbocycles. The van der Waals surface area contributed by atoms with Crippen LogP contribution in [0.3, 0.4) is 0 Å². The fourth-order valence-corrected chi connectivity index (χ4v) is 2.67. The third kappa shape index (κ3) is 4.70. The Morgan fingerprint density at radius 3 is 2.67 bits per heavy atom. The standard InChI is InChI=1S/C10H13Br2ClN2/c1-6(13)3-7(2)15-10-9(12)4-8(11)5-14-10/h4-7H,3H2,1-2H3,(H,14,15). The van der Waals surface area contributed by atoms with Gasteiger partial charge >= 0.3 is 0 Å². The Labute approximate surface area is 112 Å². The zero-order chi connectivity index (χ0) is 11.4. The van der Waals surface area contributed by atoms with Crippen molar-refractivity contribution in [3.63, 3.8) is 0 Å². The van der Waals surface area contributed by atoms with Gasteiger partial charge in [-0.3, -0.25) is 0 Å². The zero-order valence-corrected chi connectivity index (χ0v) is 12.5. The van der Waals surface area contributed by atoms with E-state index in [-0.39, 0.29) is 5.38 Å². The lowest BCUT2D eigenvalue weighted by atomic mass is 10.2. The van der Waals surface area contributed by atoms with Crippen LogP contribution in [0.15, 0.2) is 21.2 Å². The molecule has 1 aromatic rings. The van der Waals surface area contributed by atoms with Gasteiger partial charge in [-0.1, -0.05) is 0 Å². The van der Waals surface area contributed by atoms with Crippen molar-refractivity contribution in [2.45, 2.75) is 31.7 Å². The lowest BCUT2D eigenvalue weighted by Gasteiger charge is -2.16. The van der Waals surface area contributed by atoms with Crippen LogP contribution in [-0.2, 0) is 0 Å². The maximum atomic E-state index is 5.92. The highest BCUT2D eigenvalue weighted by Crippen LogP contribution is 2.24. The van der Waals surface area contributed by atoms with Crippen molar-refractivity contribution < 1.29 is 0 Å². The summed E-state index contributed by atoms with van der Waals surface area (Å²) in [4.78, 5) is 4.28. The Balaban J connectivity index is 2.64. The van der Waals surface area contributed by atoms with Crippen LogP contribution in [-0.4, -0.2) is 16.4 Å². The van der Waals surface area contributed by atoms with Crippen LogP contribution in [0.1, 0.15) is 20.3 Å². The second kappa shape index (κ2) is 6.06. The summed E-state index contributed by atoms with van der Waals surface area (Å²) in [5.74, 6) is 0.850. The molecular weight excluding hydrogens is 343 g/mol. The van der Waals surface area contributed by atoms with Crippen molar-refractivity contribution >= 4 is 49.3 Å². The highest BCUT2D eigenvalue weighted by Gasteiger charge is 2.09. The van der Waals surface area contributed by atoms with Crippen LogP contribution in [0.25, 0.3) is 0 Å². The zero-order valence-electron chi connectivity index (χ0n) is 8.60. The first-order valence-corrected chi connectivity index (χ1v) is 6.73. The van der Waals surface area contributed by atoms with Crippen molar-refractivity contribution in [3.8, 4) is 0 Å². The summed E-state index contributed by atoms with van der Waals surface area (Å²) in [5, 5.41) is 3.47. The number of rotatable bonds is 4. The second-order valence-corrected chi connectivity index (χ2v) is 6.06. The second-order valence-electron chi connectivity index (χ2n) is 3.55. The van der Waals surface area contributed by atoms with E-state index >= 15 is 0 Å². The topological polar surface area (TPSA) is 24.9 Å². The van der Waals surface area contributed by atoms with Gasteiger partial charge in [0.25, 0.3) is 0 Å². The molecule has 0 spiro atoms. The lowest BCUT2D eigenvalue weighted by molar-refractivity contribution is 0.693. The molecule has 1 heterocycles. The minimum Gasteiger partial charge on any atom is -0.367 e. The molecule has 2 nitrogen and oxygen atoms in total. The maximum absolute atomic E-state index is 5.92. The molecule has 15 heavy (non-hydrogen) atoms. The van der Waals surface area contributed by atoms with E-state index in [9.17, 15) is 0 Å². The molecule has 0 aliphatic carbocycles. The average Bonchev–Trinajstić information content (AvgIpc) is 2.08. The van der Waals surface area contributed by atoms with Crippen molar-refractivity contribution in [2.75, 3.05) is 5.32 Å². The van der Waals surface area contributed by atoms with Gasteiger partial charge in [-0.2, -0.15) is 0 Å². The third-order valence-corrected chi connectivity index (χ3v) is 3.09. The van der Waals surface area contributed by atoms with Crippen molar-refractivity contribution in [1.29, 1.82) is 0 Å². The van der Waals surface area contributed by atoms with Crippen molar-refractivity contribution in [1.82, 2.24) is 4.98 Å². The SMILES string of the molecule is CC(Cl)CC(C)Nc1ncc(Br)cc1Br. The van der Waals surface area contributed by atoms with Gasteiger partial charge in [0.1, 0.15) is 5.82 Å². The third-order valence-electron chi connectivity index (χ3n) is 1.87. The molecule has 1 aromatic heterocycles. The van der Waals surface area contributed by atoms with E-state index < -0.39 is 0 Å². The van der Waals surface area contributed by atoms with E-state index in [0.29, 0.717) is 6.04 Å². The van der Waals surface area contributed by atoms with Gasteiger partial charge in [-0.25, -0.2) is 4.98 Å². The Kier molecular flexibility index (Phi) is 5.36. The molecule has 2 atom stereocenters. The number of aromatic nitrogens is 1. The fraction of sp³-hybridized carbons (Fsp3) is 0.500. The first-order valence-electron chi connectivity index (χ1n) is 4.70. The summed E-state index contributed by atoms with van der Waals surface area (Å²) in [6.07, 6.45) is 2.68. The number of nitrogens with one attached hydrogen (secondary N) is 1. The van der Waals surface area contributed by atoms with Crippen molar-refractivity contribution in [3.05, 3.63) is 21.2 Å². The number of alkyl halides is 1. The van der Waals surface area contributed by atoms with Crippen LogP contribution >= 0.6 is 43.5 Å². The van der Waals surface area contributed by atoms with Gasteiger partial charge in [-0.05, 0) is 58.2 Å². The molecule has 1 rings (SSSR count). The molecule has 2 unspecified atom stereocenters. The van der Waals surface area contributed by atoms with E-state index in [1.165, 1.54) is 0 Å². The lowest BCUT2D eigenvalue weighted by Crippen LogP contribution is -2.19. The number of halogens is 3. The number of pyridine rings is 1. The molecule has 0 aliphatic heterocycles. The summed E-state index contributed by atoms with van der Waals surface area (Å²) >= 11 is 12.7. The highest BCUT2D eigenvalue weighted by atomic mass is 79.9. The molecule has 0 amide bonds. The summed E-state index contributed by atoms with van der Waals surface area (Å²) in [6.45, 7) is 4.08. The molecule has 0 bridgehead atoms. The molecular formula is C10H13Br2ClN2. The van der Waals surface area contributed by atoms with Crippen LogP contribution in [0, 0.1) is 0 Å². The maximum Gasteiger partial charge on any atom is 0.140 e. The van der Waals surface area contributed by atoms with Gasteiger partial charge in [0.05, 0.1) is 4.47 Å². The van der Waals surface area contributed by atoms with Crippen molar-refractivity contribution in [2.24, 2.45) is 0 Å². The summed E-state index contributed by atoms with van der Waals surface area (Å²) in [7, 11) is 0. The van der Waals surface area contributed by atoms with Crippen LogP contribution in [0.5, 0.6) is 0 Å². The van der Waals surface area contributed by atoms with E-state index in [0.717, 1.165) is 21.2 Å². The first-order chi connectivity index (χ1) is 6.99. The molecule has 84 valence electrons. The number of hydrogen-bond acceptors (Lipinski definition) is 2. The minimum absolute atomic E-state index is 0.168. The Morgan fingerprint density at radius 2 is 2.13 bits per heavy atom. The first kappa shape index (κ1) is 13.3. The van der Waals surface area contributed by atoms with E-state index in [1.54, 1.807) is 6.20 Å². The Bertz CT molecular complexity index is 331. The van der Waals surface area contributed by atoms with E-state index in [4.69, 9.17) is 11.6 Å². The smallest absolute Gasteiger partial charge is 0.140 e. The van der Waals surface area contributed by atoms with E-state index in [2.05, 4.69) is 49.1 Å². The Morgan fingerprint density at radius 1 is 1.47 bits per heavy atom. The van der Waals surface area contributed by atoms with Gasteiger partial charge in [-0.15, -0.1) is 11.6 Å².